The van der Waals surface area contributed by atoms with E-state index in [1.807, 2.05) is 127 Å². The Morgan fingerprint density at radius 1 is 0.417 bits per heavy atom. The van der Waals surface area contributed by atoms with E-state index in [2.05, 4.69) is 0 Å². The summed E-state index contributed by atoms with van der Waals surface area (Å²) in [5.41, 5.74) is 5.07. The number of aryl methyl sites for hydroxylation is 1. The van der Waals surface area contributed by atoms with E-state index in [0.29, 0.717) is 51.1 Å². The van der Waals surface area contributed by atoms with E-state index < -0.39 is 11.4 Å². The Kier molecular flexibility index (Phi) is 8.32. The zero-order valence-electron chi connectivity index (χ0n) is 32.3. The second-order valence-electron chi connectivity index (χ2n) is 14.9. The van der Waals surface area contributed by atoms with Gasteiger partial charge in [0, 0.05) is 18.3 Å². The molecule has 0 radical (unpaired) electrons. The van der Waals surface area contributed by atoms with E-state index in [1.54, 1.807) is 48.5 Å². The Morgan fingerprint density at radius 3 is 1.53 bits per heavy atom. The molecule has 0 aromatic heterocycles. The van der Waals surface area contributed by atoms with Crippen molar-refractivity contribution in [2.24, 2.45) is 0 Å². The van der Waals surface area contributed by atoms with Gasteiger partial charge in [0.25, 0.3) is 29.5 Å². The third kappa shape index (κ3) is 5.53. The topological polar surface area (TPSA) is 114 Å². The minimum atomic E-state index is -1.14. The average molecular weight is 788 g/mol. The number of anilines is 2. The van der Waals surface area contributed by atoms with Crippen molar-refractivity contribution in [3.63, 3.8) is 0 Å². The molecular weight excluding hydrogens is 755 g/mol. The van der Waals surface area contributed by atoms with Crippen molar-refractivity contribution >= 4 is 40.9 Å². The minimum absolute atomic E-state index is 0.170. The molecule has 0 bridgehead atoms. The molecule has 10 nitrogen and oxygen atoms in total. The molecule has 1 atom stereocenters. The lowest BCUT2D eigenvalue weighted by atomic mass is 9.76. The number of carbonyl (C=O) groups is 5. The minimum Gasteiger partial charge on any atom is -0.457 e. The van der Waals surface area contributed by atoms with Gasteiger partial charge in [-0.3, -0.25) is 33.8 Å². The van der Waals surface area contributed by atoms with Gasteiger partial charge in [0.2, 0.25) is 0 Å². The van der Waals surface area contributed by atoms with E-state index >= 15 is 0 Å². The molecule has 0 fully saturated rings. The molecule has 1 unspecified atom stereocenters. The lowest BCUT2D eigenvalue weighted by Crippen LogP contribution is -2.46. The molecule has 0 spiro atoms. The molecule has 0 N–H and O–H groups in total. The van der Waals surface area contributed by atoms with Crippen molar-refractivity contribution in [1.82, 2.24) is 4.90 Å². The first-order valence-corrected chi connectivity index (χ1v) is 19.3. The largest absolute Gasteiger partial charge is 0.457 e. The van der Waals surface area contributed by atoms with Crippen LogP contribution in [0.5, 0.6) is 23.0 Å². The maximum Gasteiger partial charge on any atom is 0.266 e. The summed E-state index contributed by atoms with van der Waals surface area (Å²) in [5, 5.41) is 0. The highest BCUT2D eigenvalue weighted by atomic mass is 16.5. The first-order valence-electron chi connectivity index (χ1n) is 19.3. The summed E-state index contributed by atoms with van der Waals surface area (Å²) in [6, 6.07) is 49.0. The lowest BCUT2D eigenvalue weighted by molar-refractivity contribution is 0.0691. The van der Waals surface area contributed by atoms with Crippen LogP contribution < -0.4 is 19.3 Å². The first kappa shape index (κ1) is 36.2. The van der Waals surface area contributed by atoms with Gasteiger partial charge < -0.3 is 9.47 Å². The van der Waals surface area contributed by atoms with E-state index in [-0.39, 0.29) is 34.8 Å². The fourth-order valence-corrected chi connectivity index (χ4v) is 8.49. The van der Waals surface area contributed by atoms with Gasteiger partial charge in [0.05, 0.1) is 27.9 Å². The fourth-order valence-electron chi connectivity index (χ4n) is 8.49. The SMILES string of the molecule is Cc1cccc(N2C(=O)c3ccc(Oc4ccc(C5(c6ccc(Oc7ccc8c(c7)C(=O)N(C)C8=O)cc6)c6ccccc6C(=O)N5c5ccccc5)cc4)cc3C2=O)c1. The molecule has 0 saturated carbocycles. The van der Waals surface area contributed by atoms with Gasteiger partial charge in [-0.2, -0.15) is 0 Å². The maximum absolute atomic E-state index is 14.6. The van der Waals surface area contributed by atoms with Crippen LogP contribution in [0.3, 0.4) is 0 Å². The summed E-state index contributed by atoms with van der Waals surface area (Å²) in [4.78, 5) is 70.6. The summed E-state index contributed by atoms with van der Waals surface area (Å²) in [6.45, 7) is 1.90. The molecule has 0 aliphatic carbocycles. The van der Waals surface area contributed by atoms with Gasteiger partial charge in [-0.05, 0) is 120 Å². The maximum atomic E-state index is 14.6. The van der Waals surface area contributed by atoms with Crippen molar-refractivity contribution < 1.29 is 33.4 Å². The number of amides is 5. The molecule has 3 aliphatic heterocycles. The molecular formula is C50H33N3O7. The summed E-state index contributed by atoms with van der Waals surface area (Å²) >= 11 is 0. The predicted octanol–water partition coefficient (Wildman–Crippen LogP) is 9.56. The van der Waals surface area contributed by atoms with Crippen LogP contribution >= 0.6 is 0 Å². The molecule has 60 heavy (non-hydrogen) atoms. The quantitative estimate of drug-likeness (QED) is 0.141. The number of para-hydroxylation sites is 1. The van der Waals surface area contributed by atoms with Crippen molar-refractivity contribution in [3.05, 3.63) is 214 Å². The molecule has 3 aliphatic rings. The molecule has 290 valence electrons. The summed E-state index contributed by atoms with van der Waals surface area (Å²) < 4.78 is 12.5. The molecule has 3 heterocycles. The van der Waals surface area contributed by atoms with Crippen molar-refractivity contribution in [2.75, 3.05) is 16.8 Å². The second-order valence-corrected chi connectivity index (χ2v) is 14.9. The van der Waals surface area contributed by atoms with Crippen LogP contribution in [0, 0.1) is 6.92 Å². The Morgan fingerprint density at radius 2 is 0.917 bits per heavy atom. The van der Waals surface area contributed by atoms with E-state index in [4.69, 9.17) is 9.47 Å². The van der Waals surface area contributed by atoms with Crippen molar-refractivity contribution in [1.29, 1.82) is 0 Å². The summed E-state index contributed by atoms with van der Waals surface area (Å²) in [5.74, 6) is 0.0425. The number of hydrogen-bond donors (Lipinski definition) is 0. The third-order valence-electron chi connectivity index (χ3n) is 11.3. The number of imide groups is 2. The Labute approximate surface area is 344 Å². The molecule has 0 saturated heterocycles. The number of fused-ring (bicyclic) bond motifs is 3. The second kappa shape index (κ2) is 13.8. The lowest BCUT2D eigenvalue weighted by Gasteiger charge is -2.40. The van der Waals surface area contributed by atoms with Crippen LogP contribution in [0.1, 0.15) is 74.0 Å². The number of ether oxygens (including phenoxy) is 2. The first-order chi connectivity index (χ1) is 29.1. The third-order valence-corrected chi connectivity index (χ3v) is 11.3. The van der Waals surface area contributed by atoms with Crippen LogP contribution in [0.4, 0.5) is 11.4 Å². The zero-order chi connectivity index (χ0) is 41.3. The summed E-state index contributed by atoms with van der Waals surface area (Å²) in [7, 11) is 1.45. The highest BCUT2D eigenvalue weighted by molar-refractivity contribution is 6.34. The van der Waals surface area contributed by atoms with Crippen LogP contribution in [0.25, 0.3) is 0 Å². The van der Waals surface area contributed by atoms with Gasteiger partial charge in [0.15, 0.2) is 0 Å². The van der Waals surface area contributed by atoms with E-state index in [9.17, 15) is 24.0 Å². The number of nitrogens with zero attached hydrogens (tertiary/aromatic N) is 3. The monoisotopic (exact) mass is 787 g/mol. The number of rotatable bonds is 8. The van der Waals surface area contributed by atoms with Gasteiger partial charge in [0.1, 0.15) is 28.5 Å². The van der Waals surface area contributed by atoms with Crippen molar-refractivity contribution in [3.8, 4) is 23.0 Å². The predicted molar refractivity (Wildman–Crippen MR) is 224 cm³/mol. The number of carbonyl (C=O) groups excluding carboxylic acids is 5. The standard InChI is InChI=1S/C50H33N3O7/c1-30-9-8-12-34(27-30)52-47(56)40-26-24-38(29-43(40)48(52)57)60-36-21-17-32(18-22-36)50(44-14-7-6-13-41(44)49(58)53(50)33-10-4-3-5-11-33)31-15-19-35(20-16-31)59-37-23-25-39-42(28-37)46(55)51(2)45(39)54/h3-29H,1-2H3. The number of hydrogen-bond acceptors (Lipinski definition) is 7. The van der Waals surface area contributed by atoms with Gasteiger partial charge in [-0.1, -0.05) is 72.8 Å². The Hall–Kier alpha value is -8.11. The van der Waals surface area contributed by atoms with Crippen LogP contribution in [-0.4, -0.2) is 41.5 Å². The molecule has 10 rings (SSSR count). The van der Waals surface area contributed by atoms with Gasteiger partial charge in [-0.25, -0.2) is 4.90 Å². The fraction of sp³-hybridized carbons (Fsp3) is 0.0600. The molecule has 7 aromatic rings. The smallest absolute Gasteiger partial charge is 0.266 e. The van der Waals surface area contributed by atoms with Gasteiger partial charge >= 0.3 is 0 Å². The Bertz CT molecular complexity index is 2960. The van der Waals surface area contributed by atoms with E-state index in [0.717, 1.165) is 27.2 Å². The van der Waals surface area contributed by atoms with Crippen LogP contribution in [-0.2, 0) is 5.54 Å². The molecule has 7 aromatic carbocycles. The van der Waals surface area contributed by atoms with Crippen LogP contribution in [0.15, 0.2) is 164 Å². The zero-order valence-corrected chi connectivity index (χ0v) is 32.3. The normalized spacial score (nSPS) is 16.6. The average Bonchev–Trinajstić information content (AvgIpc) is 3.78. The molecule has 5 amide bonds. The number of benzene rings is 7. The Balaban J connectivity index is 1.01. The summed E-state index contributed by atoms with van der Waals surface area (Å²) in [6.07, 6.45) is 0. The highest BCUT2D eigenvalue weighted by Crippen LogP contribution is 2.51. The van der Waals surface area contributed by atoms with Gasteiger partial charge in [-0.15, -0.1) is 0 Å². The van der Waals surface area contributed by atoms with Crippen LogP contribution in [0.2, 0.25) is 0 Å². The highest BCUT2D eigenvalue weighted by Gasteiger charge is 2.53. The van der Waals surface area contributed by atoms with Crippen molar-refractivity contribution in [2.45, 2.75) is 12.5 Å². The van der Waals surface area contributed by atoms with E-state index in [1.165, 1.54) is 11.9 Å². The molecule has 10 heteroatoms.